The van der Waals surface area contributed by atoms with Gasteiger partial charge in [0.25, 0.3) is 5.91 Å². The lowest BCUT2D eigenvalue weighted by molar-refractivity contribution is -0.124. The van der Waals surface area contributed by atoms with Crippen molar-refractivity contribution in [2.75, 3.05) is 13.7 Å². The van der Waals surface area contributed by atoms with Crippen LogP contribution >= 0.6 is 0 Å². The Labute approximate surface area is 160 Å². The van der Waals surface area contributed by atoms with Crippen molar-refractivity contribution in [1.29, 1.82) is 0 Å². The van der Waals surface area contributed by atoms with E-state index in [0.717, 1.165) is 12.0 Å². The highest BCUT2D eigenvalue weighted by Crippen LogP contribution is 2.28. The molecule has 0 unspecified atom stereocenters. The number of nitrogens with one attached hydrogen (secondary N) is 1. The van der Waals surface area contributed by atoms with Gasteiger partial charge in [0.15, 0.2) is 23.9 Å². The maximum Gasteiger partial charge on any atom is 0.258 e. The summed E-state index contributed by atoms with van der Waals surface area (Å²) >= 11 is 0. The average molecular weight is 369 g/mol. The monoisotopic (exact) mass is 369 g/mol. The summed E-state index contributed by atoms with van der Waals surface area (Å²) in [5, 5.41) is 3.04. The van der Waals surface area contributed by atoms with Crippen LogP contribution in [0.4, 0.5) is 0 Å². The number of hydrogen-bond acceptors (Lipinski definition) is 4. The summed E-state index contributed by atoms with van der Waals surface area (Å²) in [5.74, 6) is 1.03. The van der Waals surface area contributed by atoms with E-state index in [1.165, 1.54) is 14.0 Å². The third-order valence-corrected chi connectivity index (χ3v) is 4.17. The standard InChI is InChI=1S/C22H27NO4/c1-15(2)12-19(17-8-6-5-7-9-17)23-22(25)14-27-20-11-10-18(16(3)24)13-21(20)26-4/h5-11,13,15,19H,12,14H2,1-4H3,(H,23,25)/t19-/m1/s1. The lowest BCUT2D eigenvalue weighted by atomic mass is 9.97. The van der Waals surface area contributed by atoms with Crippen molar-refractivity contribution in [3.05, 3.63) is 59.7 Å². The molecule has 1 atom stereocenters. The van der Waals surface area contributed by atoms with Crippen LogP contribution in [0.1, 0.15) is 49.2 Å². The lowest BCUT2D eigenvalue weighted by Crippen LogP contribution is -2.33. The van der Waals surface area contributed by atoms with E-state index >= 15 is 0 Å². The number of carbonyl (C=O) groups excluding carboxylic acids is 2. The number of ketones is 1. The van der Waals surface area contributed by atoms with Crippen LogP contribution in [0.15, 0.2) is 48.5 Å². The molecule has 0 heterocycles. The fourth-order valence-corrected chi connectivity index (χ4v) is 2.82. The maximum absolute atomic E-state index is 12.4. The predicted octanol–water partition coefficient (Wildman–Crippen LogP) is 4.18. The first-order valence-electron chi connectivity index (χ1n) is 9.06. The molecule has 0 radical (unpaired) electrons. The summed E-state index contributed by atoms with van der Waals surface area (Å²) in [6, 6.07) is 14.8. The quantitative estimate of drug-likeness (QED) is 0.674. The molecule has 2 aromatic rings. The smallest absolute Gasteiger partial charge is 0.258 e. The molecule has 27 heavy (non-hydrogen) atoms. The summed E-state index contributed by atoms with van der Waals surface area (Å²) in [6.07, 6.45) is 0.840. The van der Waals surface area contributed by atoms with Crippen LogP contribution in [0.3, 0.4) is 0 Å². The van der Waals surface area contributed by atoms with Crippen LogP contribution in [0.25, 0.3) is 0 Å². The number of hydrogen-bond donors (Lipinski definition) is 1. The van der Waals surface area contributed by atoms with E-state index in [2.05, 4.69) is 19.2 Å². The number of benzene rings is 2. The number of Topliss-reactive ketones (excluding diaryl/α,β-unsaturated/α-hetero) is 1. The summed E-state index contributed by atoms with van der Waals surface area (Å²) in [5.41, 5.74) is 1.60. The van der Waals surface area contributed by atoms with E-state index in [0.29, 0.717) is 23.0 Å². The van der Waals surface area contributed by atoms with E-state index in [1.54, 1.807) is 18.2 Å². The van der Waals surface area contributed by atoms with Gasteiger partial charge in [-0.2, -0.15) is 0 Å². The molecule has 1 N–H and O–H groups in total. The second-order valence-corrected chi connectivity index (χ2v) is 6.87. The highest BCUT2D eigenvalue weighted by molar-refractivity contribution is 5.94. The Kier molecular flexibility index (Phi) is 7.41. The zero-order chi connectivity index (χ0) is 19.8. The molecule has 0 spiro atoms. The Balaban J connectivity index is 2.03. The minimum atomic E-state index is -0.206. The summed E-state index contributed by atoms with van der Waals surface area (Å²) in [4.78, 5) is 23.9. The summed E-state index contributed by atoms with van der Waals surface area (Å²) in [6.45, 7) is 5.61. The highest BCUT2D eigenvalue weighted by atomic mass is 16.5. The number of carbonyl (C=O) groups is 2. The van der Waals surface area contributed by atoms with Crippen molar-refractivity contribution >= 4 is 11.7 Å². The van der Waals surface area contributed by atoms with E-state index in [4.69, 9.17) is 9.47 Å². The van der Waals surface area contributed by atoms with Gasteiger partial charge in [-0.3, -0.25) is 9.59 Å². The average Bonchev–Trinajstić information content (AvgIpc) is 2.66. The minimum Gasteiger partial charge on any atom is -0.493 e. The van der Waals surface area contributed by atoms with E-state index < -0.39 is 0 Å². The molecule has 0 fully saturated rings. The molecule has 1 amide bonds. The Morgan fingerprint density at radius 1 is 1.04 bits per heavy atom. The van der Waals surface area contributed by atoms with Crippen molar-refractivity contribution in [1.82, 2.24) is 5.32 Å². The molecule has 5 heteroatoms. The molecule has 2 aromatic carbocycles. The fourth-order valence-electron chi connectivity index (χ4n) is 2.82. The van der Waals surface area contributed by atoms with Gasteiger partial charge >= 0.3 is 0 Å². The van der Waals surface area contributed by atoms with Gasteiger partial charge in [0.1, 0.15) is 0 Å². The van der Waals surface area contributed by atoms with Gasteiger partial charge in [-0.15, -0.1) is 0 Å². The lowest BCUT2D eigenvalue weighted by Gasteiger charge is -2.21. The van der Waals surface area contributed by atoms with Crippen LogP contribution in [-0.2, 0) is 4.79 Å². The largest absolute Gasteiger partial charge is 0.493 e. The van der Waals surface area contributed by atoms with Crippen molar-refractivity contribution in [3.8, 4) is 11.5 Å². The molecule has 0 aliphatic rings. The molecule has 5 nitrogen and oxygen atoms in total. The van der Waals surface area contributed by atoms with E-state index in [1.807, 2.05) is 30.3 Å². The van der Waals surface area contributed by atoms with E-state index in [-0.39, 0.29) is 24.3 Å². The van der Waals surface area contributed by atoms with Crippen molar-refractivity contribution in [3.63, 3.8) is 0 Å². The SMILES string of the molecule is COc1cc(C(C)=O)ccc1OCC(=O)N[C@H](CC(C)C)c1ccccc1. The van der Waals surface area contributed by atoms with Crippen molar-refractivity contribution in [2.45, 2.75) is 33.2 Å². The van der Waals surface area contributed by atoms with Crippen molar-refractivity contribution < 1.29 is 19.1 Å². The number of methoxy groups -OCH3 is 1. The number of rotatable bonds is 9. The molecule has 0 saturated carbocycles. The van der Waals surface area contributed by atoms with Gasteiger partial charge in [0.2, 0.25) is 0 Å². The van der Waals surface area contributed by atoms with Crippen LogP contribution < -0.4 is 14.8 Å². The highest BCUT2D eigenvalue weighted by Gasteiger charge is 2.17. The first-order chi connectivity index (χ1) is 12.9. The van der Waals surface area contributed by atoms with Gasteiger partial charge in [0.05, 0.1) is 13.2 Å². The molecular formula is C22H27NO4. The van der Waals surface area contributed by atoms with Crippen LogP contribution in [-0.4, -0.2) is 25.4 Å². The normalized spacial score (nSPS) is 11.7. The minimum absolute atomic E-state index is 0.0584. The van der Waals surface area contributed by atoms with Crippen LogP contribution in [0, 0.1) is 5.92 Å². The Morgan fingerprint density at radius 3 is 2.33 bits per heavy atom. The van der Waals surface area contributed by atoms with Gasteiger partial charge < -0.3 is 14.8 Å². The third kappa shape index (κ3) is 6.13. The molecule has 0 bridgehead atoms. The molecular weight excluding hydrogens is 342 g/mol. The molecule has 2 rings (SSSR count). The number of ether oxygens (including phenoxy) is 2. The first kappa shape index (κ1) is 20.5. The molecule has 0 saturated heterocycles. The first-order valence-corrected chi connectivity index (χ1v) is 9.06. The van der Waals surface area contributed by atoms with Gasteiger partial charge in [-0.1, -0.05) is 44.2 Å². The Bertz CT molecular complexity index is 771. The Morgan fingerprint density at radius 2 is 1.74 bits per heavy atom. The summed E-state index contributed by atoms with van der Waals surface area (Å²) in [7, 11) is 1.50. The molecule has 0 aromatic heterocycles. The number of amides is 1. The topological polar surface area (TPSA) is 64.6 Å². The van der Waals surface area contributed by atoms with Gasteiger partial charge in [-0.05, 0) is 43.0 Å². The molecule has 0 aliphatic heterocycles. The second-order valence-electron chi connectivity index (χ2n) is 6.87. The fraction of sp³-hybridized carbons (Fsp3) is 0.364. The Hall–Kier alpha value is -2.82. The third-order valence-electron chi connectivity index (χ3n) is 4.17. The van der Waals surface area contributed by atoms with Crippen molar-refractivity contribution in [2.24, 2.45) is 5.92 Å². The second kappa shape index (κ2) is 9.76. The molecule has 144 valence electrons. The van der Waals surface area contributed by atoms with Gasteiger partial charge in [0, 0.05) is 5.56 Å². The zero-order valence-corrected chi connectivity index (χ0v) is 16.3. The summed E-state index contributed by atoms with van der Waals surface area (Å²) < 4.78 is 10.9. The van der Waals surface area contributed by atoms with Crippen LogP contribution in [0.5, 0.6) is 11.5 Å². The predicted molar refractivity (Wildman–Crippen MR) is 105 cm³/mol. The van der Waals surface area contributed by atoms with E-state index in [9.17, 15) is 9.59 Å². The zero-order valence-electron chi connectivity index (χ0n) is 16.3. The van der Waals surface area contributed by atoms with Crippen LogP contribution in [0.2, 0.25) is 0 Å². The molecule has 0 aliphatic carbocycles. The maximum atomic E-state index is 12.4. The van der Waals surface area contributed by atoms with Gasteiger partial charge in [-0.25, -0.2) is 0 Å².